The van der Waals surface area contributed by atoms with Crippen molar-refractivity contribution in [3.63, 3.8) is 0 Å². The Morgan fingerprint density at radius 1 is 1.20 bits per heavy atom. The van der Waals surface area contributed by atoms with E-state index in [1.807, 2.05) is 35.6 Å². The van der Waals surface area contributed by atoms with Gasteiger partial charge in [0.25, 0.3) is 5.56 Å². The van der Waals surface area contributed by atoms with Crippen LogP contribution in [0.3, 0.4) is 0 Å². The minimum absolute atomic E-state index is 0.0288. The number of benzene rings is 1. The quantitative estimate of drug-likeness (QED) is 0.582. The molecule has 1 amide bonds. The van der Waals surface area contributed by atoms with Crippen molar-refractivity contribution >= 4 is 34.3 Å². The summed E-state index contributed by atoms with van der Waals surface area (Å²) in [6.45, 7) is 6.76. The van der Waals surface area contributed by atoms with Crippen LogP contribution in [0.15, 0.2) is 34.2 Å². The molecule has 4 rings (SSSR count). The topological polar surface area (TPSA) is 81.3 Å². The molecule has 160 valence electrons. The molecule has 2 heterocycles. The Labute approximate surface area is 180 Å². The van der Waals surface area contributed by atoms with E-state index in [9.17, 15) is 9.59 Å². The van der Waals surface area contributed by atoms with Gasteiger partial charge in [0.1, 0.15) is 0 Å². The summed E-state index contributed by atoms with van der Waals surface area (Å²) in [6, 6.07) is 7.82. The summed E-state index contributed by atoms with van der Waals surface area (Å²) >= 11 is 1.39. The number of fused-ring (bicyclic) bond motifs is 3. The van der Waals surface area contributed by atoms with Gasteiger partial charge in [-0.2, -0.15) is 0 Å². The second kappa shape index (κ2) is 8.79. The lowest BCUT2D eigenvalue weighted by Crippen LogP contribution is -2.37. The molecule has 0 unspecified atom stereocenters. The molecule has 0 radical (unpaired) electrons. The first-order valence-electron chi connectivity index (χ1n) is 10.8. The molecule has 7 nitrogen and oxygen atoms in total. The first-order chi connectivity index (χ1) is 14.5. The van der Waals surface area contributed by atoms with E-state index in [2.05, 4.69) is 29.4 Å². The molecule has 0 aliphatic heterocycles. The predicted octanol–water partition coefficient (Wildman–Crippen LogP) is 3.63. The molecule has 1 N–H and O–H groups in total. The van der Waals surface area contributed by atoms with Gasteiger partial charge in [-0.3, -0.25) is 18.6 Å². The average Bonchev–Trinajstić information content (AvgIpc) is 3.38. The third-order valence-corrected chi connectivity index (χ3v) is 6.80. The minimum Gasteiger partial charge on any atom is -0.352 e. The van der Waals surface area contributed by atoms with Gasteiger partial charge in [0.05, 0.1) is 16.2 Å². The van der Waals surface area contributed by atoms with E-state index < -0.39 is 0 Å². The van der Waals surface area contributed by atoms with E-state index in [4.69, 9.17) is 0 Å². The van der Waals surface area contributed by atoms with Crippen LogP contribution in [0.4, 0.5) is 0 Å². The summed E-state index contributed by atoms with van der Waals surface area (Å²) in [5.74, 6) is 1.03. The van der Waals surface area contributed by atoms with Gasteiger partial charge >= 0.3 is 0 Å². The number of thioether (sulfide) groups is 1. The number of para-hydroxylation sites is 1. The van der Waals surface area contributed by atoms with Gasteiger partial charge in [0, 0.05) is 12.6 Å². The fourth-order valence-electron chi connectivity index (χ4n) is 4.00. The van der Waals surface area contributed by atoms with Gasteiger partial charge < -0.3 is 5.32 Å². The second-order valence-electron chi connectivity index (χ2n) is 8.52. The molecular formula is C22H29N5O2S. The second-order valence-corrected chi connectivity index (χ2v) is 9.83. The van der Waals surface area contributed by atoms with Crippen LogP contribution in [0.5, 0.6) is 0 Å². The maximum absolute atomic E-state index is 13.1. The molecule has 1 aromatic carbocycles. The lowest BCUT2D eigenvalue weighted by molar-refractivity contribution is -0.120. The molecule has 1 saturated carbocycles. The molecule has 1 aliphatic rings. The maximum atomic E-state index is 13.1. The molecule has 0 bridgehead atoms. The van der Waals surface area contributed by atoms with Crippen molar-refractivity contribution in [2.75, 3.05) is 0 Å². The third kappa shape index (κ3) is 4.10. The fraction of sp³-hybridized carbons (Fsp3) is 0.545. The number of aryl methyl sites for hydroxylation is 1. The van der Waals surface area contributed by atoms with Crippen molar-refractivity contribution in [2.45, 2.75) is 75.9 Å². The fourth-order valence-corrected chi connectivity index (χ4v) is 4.86. The highest BCUT2D eigenvalue weighted by molar-refractivity contribution is 8.00. The molecular weight excluding hydrogens is 398 g/mol. The number of aromatic nitrogens is 4. The highest BCUT2D eigenvalue weighted by atomic mass is 32.2. The molecule has 1 atom stereocenters. The van der Waals surface area contributed by atoms with Crippen LogP contribution in [-0.4, -0.2) is 36.4 Å². The number of rotatable bonds is 7. The summed E-state index contributed by atoms with van der Waals surface area (Å²) < 4.78 is 3.63. The van der Waals surface area contributed by atoms with Crippen molar-refractivity contribution in [3.8, 4) is 0 Å². The van der Waals surface area contributed by atoms with Crippen LogP contribution in [0.25, 0.3) is 16.7 Å². The molecule has 1 aliphatic carbocycles. The monoisotopic (exact) mass is 427 g/mol. The molecule has 2 aromatic heterocycles. The highest BCUT2D eigenvalue weighted by Gasteiger charge is 2.24. The zero-order valence-electron chi connectivity index (χ0n) is 17.8. The predicted molar refractivity (Wildman–Crippen MR) is 120 cm³/mol. The van der Waals surface area contributed by atoms with Gasteiger partial charge in [0.2, 0.25) is 11.7 Å². The van der Waals surface area contributed by atoms with Gasteiger partial charge in [-0.05, 0) is 44.2 Å². The van der Waals surface area contributed by atoms with Crippen LogP contribution in [-0.2, 0) is 11.3 Å². The van der Waals surface area contributed by atoms with E-state index in [1.165, 1.54) is 24.6 Å². The Hall–Kier alpha value is -2.35. The van der Waals surface area contributed by atoms with Crippen molar-refractivity contribution in [3.05, 3.63) is 34.6 Å². The Morgan fingerprint density at radius 2 is 1.93 bits per heavy atom. The first-order valence-corrected chi connectivity index (χ1v) is 11.7. The van der Waals surface area contributed by atoms with Crippen LogP contribution in [0.2, 0.25) is 0 Å². The van der Waals surface area contributed by atoms with E-state index in [0.717, 1.165) is 24.8 Å². The van der Waals surface area contributed by atoms with E-state index in [-0.39, 0.29) is 22.8 Å². The largest absolute Gasteiger partial charge is 0.352 e. The molecule has 0 spiro atoms. The molecule has 30 heavy (non-hydrogen) atoms. The number of hydrogen-bond donors (Lipinski definition) is 1. The Morgan fingerprint density at radius 3 is 2.67 bits per heavy atom. The van der Waals surface area contributed by atoms with E-state index in [0.29, 0.717) is 28.8 Å². The maximum Gasteiger partial charge on any atom is 0.262 e. The standard InChI is InChI=1S/C22H29N5O2S/c1-14(2)12-13-26-20(29)17-10-6-7-11-18(17)27-21(26)24-25-22(27)30-15(3)19(28)23-16-8-4-5-9-16/h6-7,10-11,14-16H,4-5,8-9,12-13H2,1-3H3,(H,23,28)/t15-/m1/s1. The SMILES string of the molecule is CC(C)CCn1c(=O)c2ccccc2n2c(S[C@H](C)C(=O)NC3CCCC3)nnc12. The first kappa shape index (κ1) is 20.9. The van der Waals surface area contributed by atoms with Crippen molar-refractivity contribution < 1.29 is 4.79 Å². The lowest BCUT2D eigenvalue weighted by Gasteiger charge is -2.16. The van der Waals surface area contributed by atoms with Gasteiger partial charge in [-0.1, -0.05) is 50.6 Å². The Bertz CT molecular complexity index is 1110. The number of amides is 1. The van der Waals surface area contributed by atoms with Crippen LogP contribution < -0.4 is 10.9 Å². The molecule has 0 saturated heterocycles. The normalized spacial score (nSPS) is 16.0. The van der Waals surface area contributed by atoms with Crippen LogP contribution >= 0.6 is 11.8 Å². The van der Waals surface area contributed by atoms with Gasteiger partial charge in [-0.15, -0.1) is 10.2 Å². The molecule has 3 aromatic rings. The number of carbonyl (C=O) groups is 1. The van der Waals surface area contributed by atoms with Crippen molar-refractivity contribution in [1.29, 1.82) is 0 Å². The zero-order chi connectivity index (χ0) is 21.3. The number of nitrogens with one attached hydrogen (secondary N) is 1. The van der Waals surface area contributed by atoms with E-state index in [1.54, 1.807) is 4.57 Å². The third-order valence-electron chi connectivity index (χ3n) is 5.76. The molecule has 8 heteroatoms. The number of nitrogens with zero attached hydrogens (tertiary/aromatic N) is 4. The number of carbonyl (C=O) groups excluding carboxylic acids is 1. The molecule has 1 fully saturated rings. The highest BCUT2D eigenvalue weighted by Crippen LogP contribution is 2.26. The smallest absolute Gasteiger partial charge is 0.262 e. The summed E-state index contributed by atoms with van der Waals surface area (Å²) in [7, 11) is 0. The lowest BCUT2D eigenvalue weighted by atomic mass is 10.1. The summed E-state index contributed by atoms with van der Waals surface area (Å²) in [4.78, 5) is 25.8. The Balaban J connectivity index is 1.70. The van der Waals surface area contributed by atoms with Gasteiger partial charge in [0.15, 0.2) is 5.16 Å². The summed E-state index contributed by atoms with van der Waals surface area (Å²) in [6.07, 6.45) is 5.36. The van der Waals surface area contributed by atoms with Gasteiger partial charge in [-0.25, -0.2) is 0 Å². The van der Waals surface area contributed by atoms with Crippen molar-refractivity contribution in [2.24, 2.45) is 5.92 Å². The minimum atomic E-state index is -0.298. The average molecular weight is 428 g/mol. The number of hydrogen-bond acceptors (Lipinski definition) is 5. The van der Waals surface area contributed by atoms with Crippen molar-refractivity contribution in [1.82, 2.24) is 24.5 Å². The van der Waals surface area contributed by atoms with Crippen LogP contribution in [0, 0.1) is 5.92 Å². The summed E-state index contributed by atoms with van der Waals surface area (Å²) in [5.41, 5.74) is 0.726. The Kier molecular flexibility index (Phi) is 6.13. The van der Waals surface area contributed by atoms with E-state index >= 15 is 0 Å². The van der Waals surface area contributed by atoms with Crippen LogP contribution in [0.1, 0.15) is 52.9 Å². The summed E-state index contributed by atoms with van der Waals surface area (Å²) in [5, 5.41) is 12.8. The zero-order valence-corrected chi connectivity index (χ0v) is 18.6.